The zero-order valence-electron chi connectivity index (χ0n) is 21.2. The van der Waals surface area contributed by atoms with Gasteiger partial charge in [0.1, 0.15) is 0 Å². The van der Waals surface area contributed by atoms with E-state index in [2.05, 4.69) is 29.7 Å². The monoisotopic (exact) mass is 502 g/mol. The van der Waals surface area contributed by atoms with Gasteiger partial charge in [-0.2, -0.15) is 0 Å². The quantitative estimate of drug-likeness (QED) is 0.247. The van der Waals surface area contributed by atoms with Crippen LogP contribution in [0.4, 0.5) is 0 Å². The fourth-order valence-corrected chi connectivity index (χ4v) is 4.30. The molecule has 5 aromatic rings. The molecule has 5 rings (SSSR count). The van der Waals surface area contributed by atoms with Crippen LogP contribution < -0.4 is 0 Å². The zero-order chi connectivity index (χ0) is 25.8. The highest BCUT2D eigenvalue weighted by molar-refractivity contribution is 5.14. The molecular formula is C30H30N8. The van der Waals surface area contributed by atoms with Gasteiger partial charge in [0.25, 0.3) is 0 Å². The molecule has 8 nitrogen and oxygen atoms in total. The van der Waals surface area contributed by atoms with Gasteiger partial charge in [-0.15, -0.1) is 0 Å². The molecule has 0 unspecified atom stereocenters. The van der Waals surface area contributed by atoms with Gasteiger partial charge in [0.05, 0.1) is 34.2 Å². The highest BCUT2D eigenvalue weighted by Gasteiger charge is 2.17. The molecule has 0 aliphatic rings. The van der Waals surface area contributed by atoms with Gasteiger partial charge in [0.2, 0.25) is 0 Å². The average Bonchev–Trinajstić information content (AvgIpc) is 2.96. The molecule has 0 saturated heterocycles. The summed E-state index contributed by atoms with van der Waals surface area (Å²) in [6.45, 7) is 3.96. The standard InChI is InChI=1S/C30H30N8/c1-5-13-31-25(9-1)19-37(20-26-10-2-6-14-32-26)23-29-30(36-18-17-35-29)24-38(21-27-11-3-7-15-33-27)22-28-12-4-8-16-34-28/h1-18H,19-24H2. The molecule has 5 heterocycles. The molecular weight excluding hydrogens is 472 g/mol. The highest BCUT2D eigenvalue weighted by Crippen LogP contribution is 2.17. The molecule has 0 atom stereocenters. The molecule has 0 aliphatic heterocycles. The Morgan fingerprint density at radius 2 is 0.658 bits per heavy atom. The van der Waals surface area contributed by atoms with Gasteiger partial charge in [-0.25, -0.2) is 0 Å². The minimum absolute atomic E-state index is 0.622. The zero-order valence-corrected chi connectivity index (χ0v) is 21.2. The molecule has 5 aromatic heterocycles. The van der Waals surface area contributed by atoms with E-state index < -0.39 is 0 Å². The number of rotatable bonds is 12. The molecule has 0 radical (unpaired) electrons. The van der Waals surface area contributed by atoms with Crippen molar-refractivity contribution in [1.29, 1.82) is 0 Å². The molecule has 0 aromatic carbocycles. The molecule has 190 valence electrons. The normalized spacial score (nSPS) is 11.2. The number of hydrogen-bond acceptors (Lipinski definition) is 8. The summed E-state index contributed by atoms with van der Waals surface area (Å²) in [5, 5.41) is 0. The minimum atomic E-state index is 0.622. The van der Waals surface area contributed by atoms with E-state index in [1.807, 2.05) is 97.6 Å². The van der Waals surface area contributed by atoms with Crippen LogP contribution in [0.5, 0.6) is 0 Å². The van der Waals surface area contributed by atoms with Crippen LogP contribution in [0.15, 0.2) is 110 Å². The third-order valence-corrected chi connectivity index (χ3v) is 6.05. The summed E-state index contributed by atoms with van der Waals surface area (Å²) in [5.74, 6) is 0. The van der Waals surface area contributed by atoms with Crippen molar-refractivity contribution in [1.82, 2.24) is 39.7 Å². The maximum atomic E-state index is 4.77. The lowest BCUT2D eigenvalue weighted by molar-refractivity contribution is 0.223. The first-order chi connectivity index (χ1) is 18.8. The van der Waals surface area contributed by atoms with E-state index in [0.717, 1.165) is 34.2 Å². The van der Waals surface area contributed by atoms with Crippen molar-refractivity contribution in [2.75, 3.05) is 0 Å². The van der Waals surface area contributed by atoms with Gasteiger partial charge in [0.15, 0.2) is 0 Å². The first kappa shape index (κ1) is 25.3. The lowest BCUT2D eigenvalue weighted by Crippen LogP contribution is -2.28. The lowest BCUT2D eigenvalue weighted by Gasteiger charge is -2.25. The smallest absolute Gasteiger partial charge is 0.0772 e. The van der Waals surface area contributed by atoms with Crippen molar-refractivity contribution in [2.45, 2.75) is 39.3 Å². The van der Waals surface area contributed by atoms with Crippen LogP contribution in [0.25, 0.3) is 0 Å². The number of nitrogens with zero attached hydrogens (tertiary/aromatic N) is 8. The van der Waals surface area contributed by atoms with E-state index in [-0.39, 0.29) is 0 Å². The van der Waals surface area contributed by atoms with Crippen molar-refractivity contribution in [3.05, 3.63) is 144 Å². The molecule has 38 heavy (non-hydrogen) atoms. The Labute approximate surface area is 223 Å². The Balaban J connectivity index is 1.38. The SMILES string of the molecule is c1ccc(CN(Cc2ccccn2)Cc2nccnc2CN(Cc2ccccn2)Cc2ccccn2)nc1. The summed E-state index contributed by atoms with van der Waals surface area (Å²) in [6.07, 6.45) is 10.8. The Morgan fingerprint density at radius 3 is 0.921 bits per heavy atom. The van der Waals surface area contributed by atoms with E-state index in [9.17, 15) is 0 Å². The Kier molecular flexibility index (Phi) is 8.80. The van der Waals surface area contributed by atoms with Crippen molar-refractivity contribution >= 4 is 0 Å². The topological polar surface area (TPSA) is 83.8 Å². The van der Waals surface area contributed by atoms with Crippen LogP contribution in [0, 0.1) is 0 Å². The second kappa shape index (κ2) is 13.2. The van der Waals surface area contributed by atoms with E-state index in [1.165, 1.54) is 0 Å². The third kappa shape index (κ3) is 7.55. The van der Waals surface area contributed by atoms with Crippen LogP contribution in [0.3, 0.4) is 0 Å². The maximum Gasteiger partial charge on any atom is 0.0772 e. The largest absolute Gasteiger partial charge is 0.286 e. The van der Waals surface area contributed by atoms with Crippen LogP contribution in [0.1, 0.15) is 34.2 Å². The number of aromatic nitrogens is 6. The minimum Gasteiger partial charge on any atom is -0.286 e. The van der Waals surface area contributed by atoms with Crippen LogP contribution >= 0.6 is 0 Å². The summed E-state index contributed by atoms with van der Waals surface area (Å²) in [4.78, 5) is 32.3. The van der Waals surface area contributed by atoms with E-state index in [0.29, 0.717) is 39.3 Å². The Hall–Kier alpha value is -4.40. The first-order valence-corrected chi connectivity index (χ1v) is 12.6. The predicted octanol–water partition coefficient (Wildman–Crippen LogP) is 4.46. The van der Waals surface area contributed by atoms with Gasteiger partial charge < -0.3 is 0 Å². The molecule has 0 saturated carbocycles. The lowest BCUT2D eigenvalue weighted by atomic mass is 10.2. The third-order valence-electron chi connectivity index (χ3n) is 6.05. The molecule has 0 spiro atoms. The van der Waals surface area contributed by atoms with Crippen molar-refractivity contribution in [2.24, 2.45) is 0 Å². The summed E-state index contributed by atoms with van der Waals surface area (Å²) < 4.78 is 0. The van der Waals surface area contributed by atoms with Crippen LogP contribution in [-0.2, 0) is 39.3 Å². The van der Waals surface area contributed by atoms with Crippen LogP contribution in [0.2, 0.25) is 0 Å². The summed E-state index contributed by atoms with van der Waals surface area (Å²) in [6, 6.07) is 24.0. The van der Waals surface area contributed by atoms with E-state index in [4.69, 9.17) is 9.97 Å². The molecule has 0 aliphatic carbocycles. The van der Waals surface area contributed by atoms with Crippen molar-refractivity contribution in [3.8, 4) is 0 Å². The fraction of sp³-hybridized carbons (Fsp3) is 0.200. The van der Waals surface area contributed by atoms with E-state index in [1.54, 1.807) is 12.4 Å². The second-order valence-electron chi connectivity index (χ2n) is 9.02. The summed E-state index contributed by atoms with van der Waals surface area (Å²) in [7, 11) is 0. The highest BCUT2D eigenvalue weighted by atomic mass is 15.2. The average molecular weight is 503 g/mol. The first-order valence-electron chi connectivity index (χ1n) is 12.6. The number of hydrogen-bond donors (Lipinski definition) is 0. The van der Waals surface area contributed by atoms with Gasteiger partial charge in [-0.3, -0.25) is 39.7 Å². The van der Waals surface area contributed by atoms with Gasteiger partial charge >= 0.3 is 0 Å². The second-order valence-corrected chi connectivity index (χ2v) is 9.02. The van der Waals surface area contributed by atoms with E-state index >= 15 is 0 Å². The van der Waals surface area contributed by atoms with Crippen molar-refractivity contribution in [3.63, 3.8) is 0 Å². The summed E-state index contributed by atoms with van der Waals surface area (Å²) >= 11 is 0. The summed E-state index contributed by atoms with van der Waals surface area (Å²) in [5.41, 5.74) is 5.88. The van der Waals surface area contributed by atoms with Gasteiger partial charge in [-0.05, 0) is 48.5 Å². The molecule has 0 amide bonds. The molecule has 0 N–H and O–H groups in total. The van der Waals surface area contributed by atoms with Gasteiger partial charge in [-0.1, -0.05) is 24.3 Å². The van der Waals surface area contributed by atoms with Gasteiger partial charge in [0, 0.05) is 76.4 Å². The molecule has 0 bridgehead atoms. The van der Waals surface area contributed by atoms with Crippen molar-refractivity contribution < 1.29 is 0 Å². The molecule has 8 heteroatoms. The maximum absolute atomic E-state index is 4.77. The molecule has 0 fully saturated rings. The Morgan fingerprint density at radius 1 is 0.342 bits per heavy atom. The number of pyridine rings is 4. The van der Waals surface area contributed by atoms with Crippen LogP contribution in [-0.4, -0.2) is 39.7 Å². The fourth-order valence-electron chi connectivity index (χ4n) is 4.30. The predicted molar refractivity (Wildman–Crippen MR) is 145 cm³/mol. The Bertz CT molecular complexity index is 1180.